The molecule has 0 bridgehead atoms. The van der Waals surface area contributed by atoms with E-state index in [4.69, 9.17) is 4.74 Å². The fourth-order valence-corrected chi connectivity index (χ4v) is 3.68. The van der Waals surface area contributed by atoms with Gasteiger partial charge in [0.1, 0.15) is 5.82 Å². The monoisotopic (exact) mass is 307 g/mol. The summed E-state index contributed by atoms with van der Waals surface area (Å²) in [7, 11) is 0. The quantitative estimate of drug-likeness (QED) is 0.876. The Balaban J connectivity index is 1.50. The number of hydrogen-bond acceptors (Lipinski definition) is 4. The smallest absolute Gasteiger partial charge is 0.106 e. The molecule has 124 valence electrons. The molecule has 2 fully saturated rings. The zero-order valence-corrected chi connectivity index (χ0v) is 13.7. The number of likely N-dealkylation sites (tertiary alicyclic amines) is 1. The van der Waals surface area contributed by atoms with Crippen molar-refractivity contribution in [2.75, 3.05) is 19.7 Å². The molecular formula is C17H29N3O2. The van der Waals surface area contributed by atoms with Gasteiger partial charge in [0.2, 0.25) is 0 Å². The molecule has 0 saturated carbocycles. The van der Waals surface area contributed by atoms with Gasteiger partial charge < -0.3 is 14.8 Å². The summed E-state index contributed by atoms with van der Waals surface area (Å²) in [5.41, 5.74) is 0.932. The highest BCUT2D eigenvalue weighted by molar-refractivity contribution is 5.03. The predicted molar refractivity (Wildman–Crippen MR) is 85.6 cm³/mol. The molecule has 3 heterocycles. The first-order chi connectivity index (χ1) is 10.7. The largest absolute Gasteiger partial charge is 0.390 e. The van der Waals surface area contributed by atoms with Gasteiger partial charge in [-0.2, -0.15) is 0 Å². The molecule has 1 spiro atoms. The Morgan fingerprint density at radius 3 is 3.00 bits per heavy atom. The summed E-state index contributed by atoms with van der Waals surface area (Å²) in [5.74, 6) is 1.11. The van der Waals surface area contributed by atoms with Crippen molar-refractivity contribution < 1.29 is 9.84 Å². The van der Waals surface area contributed by atoms with Gasteiger partial charge >= 0.3 is 0 Å². The number of nitrogens with zero attached hydrogens (tertiary/aromatic N) is 2. The molecule has 2 aliphatic heterocycles. The van der Waals surface area contributed by atoms with E-state index in [9.17, 15) is 5.11 Å². The van der Waals surface area contributed by atoms with Crippen LogP contribution >= 0.6 is 0 Å². The van der Waals surface area contributed by atoms with Crippen molar-refractivity contribution in [1.29, 1.82) is 0 Å². The van der Waals surface area contributed by atoms with Crippen molar-refractivity contribution in [3.63, 3.8) is 0 Å². The van der Waals surface area contributed by atoms with Crippen molar-refractivity contribution in [1.82, 2.24) is 14.9 Å². The highest BCUT2D eigenvalue weighted by Gasteiger charge is 2.43. The minimum absolute atomic E-state index is 0.269. The molecule has 2 N–H and O–H groups in total. The number of aryl methyl sites for hydroxylation is 1. The lowest BCUT2D eigenvalue weighted by Gasteiger charge is -2.46. The van der Waals surface area contributed by atoms with Gasteiger partial charge in [-0.3, -0.25) is 4.90 Å². The lowest BCUT2D eigenvalue weighted by molar-refractivity contribution is -0.177. The Hall–Kier alpha value is -0.910. The molecule has 0 aliphatic carbocycles. The molecule has 2 aliphatic rings. The van der Waals surface area contributed by atoms with Crippen molar-refractivity contribution in [3.8, 4) is 0 Å². The predicted octanol–water partition coefficient (Wildman–Crippen LogP) is 2.26. The van der Waals surface area contributed by atoms with Gasteiger partial charge in [-0.05, 0) is 32.1 Å². The molecule has 3 rings (SSSR count). The number of aromatic nitrogens is 2. The minimum Gasteiger partial charge on any atom is -0.390 e. The highest BCUT2D eigenvalue weighted by atomic mass is 16.5. The number of hydrogen-bond donors (Lipinski definition) is 2. The Morgan fingerprint density at radius 1 is 1.45 bits per heavy atom. The van der Waals surface area contributed by atoms with Crippen molar-refractivity contribution in [3.05, 3.63) is 17.7 Å². The normalized spacial score (nSPS) is 25.6. The number of imidazole rings is 1. The van der Waals surface area contributed by atoms with Crippen molar-refractivity contribution >= 4 is 0 Å². The van der Waals surface area contributed by atoms with Gasteiger partial charge in [0.25, 0.3) is 0 Å². The van der Waals surface area contributed by atoms with Gasteiger partial charge in [-0.15, -0.1) is 0 Å². The van der Waals surface area contributed by atoms with Crippen LogP contribution in [0.3, 0.4) is 0 Å². The summed E-state index contributed by atoms with van der Waals surface area (Å²) in [5, 5.41) is 10.3. The molecular weight excluding hydrogens is 278 g/mol. The van der Waals surface area contributed by atoms with Crippen LogP contribution in [0.5, 0.6) is 0 Å². The van der Waals surface area contributed by atoms with Crippen molar-refractivity contribution in [2.24, 2.45) is 0 Å². The maximum atomic E-state index is 10.3. The van der Waals surface area contributed by atoms with E-state index in [-0.39, 0.29) is 11.7 Å². The van der Waals surface area contributed by atoms with E-state index in [1.54, 1.807) is 0 Å². The van der Waals surface area contributed by atoms with Crippen LogP contribution in [-0.4, -0.2) is 51.4 Å². The number of H-pyrrole nitrogens is 1. The second-order valence-electron chi connectivity index (χ2n) is 6.81. The Bertz CT molecular complexity index is 466. The highest BCUT2D eigenvalue weighted by Crippen LogP contribution is 2.35. The van der Waals surface area contributed by atoms with E-state index in [1.165, 1.54) is 18.5 Å². The SMILES string of the molecule is CCCCc1ncc(CN2CCC3(CC2)OCCC[C@@H]3O)[nH]1. The summed E-state index contributed by atoms with van der Waals surface area (Å²) in [6.07, 6.45) is 8.87. The van der Waals surface area contributed by atoms with Gasteiger partial charge in [-0.1, -0.05) is 13.3 Å². The summed E-state index contributed by atoms with van der Waals surface area (Å²) in [6, 6.07) is 0. The van der Waals surface area contributed by atoms with Crippen LogP contribution in [-0.2, 0) is 17.7 Å². The third kappa shape index (κ3) is 3.53. The Morgan fingerprint density at radius 2 is 2.27 bits per heavy atom. The lowest BCUT2D eigenvalue weighted by atomic mass is 9.82. The van der Waals surface area contributed by atoms with E-state index in [1.807, 2.05) is 6.20 Å². The summed E-state index contributed by atoms with van der Waals surface area (Å²) >= 11 is 0. The first-order valence-electron chi connectivity index (χ1n) is 8.79. The Labute approximate surface area is 133 Å². The van der Waals surface area contributed by atoms with Crippen molar-refractivity contribution in [2.45, 2.75) is 70.1 Å². The first-order valence-corrected chi connectivity index (χ1v) is 8.79. The summed E-state index contributed by atoms with van der Waals surface area (Å²) < 4.78 is 5.97. The van der Waals surface area contributed by atoms with Gasteiger partial charge in [0, 0.05) is 44.6 Å². The van der Waals surface area contributed by atoms with E-state index < -0.39 is 0 Å². The van der Waals surface area contributed by atoms with Crippen LogP contribution in [0.25, 0.3) is 0 Å². The van der Waals surface area contributed by atoms with Crippen LogP contribution < -0.4 is 0 Å². The standard InChI is InChI=1S/C17H29N3O2/c1-2-3-6-16-18-12-14(19-16)13-20-9-7-17(8-10-20)15(21)5-4-11-22-17/h12,15,21H,2-11,13H2,1H3,(H,18,19)/t15-/m0/s1. The topological polar surface area (TPSA) is 61.4 Å². The number of aromatic amines is 1. The zero-order chi connectivity index (χ0) is 15.4. The fraction of sp³-hybridized carbons (Fsp3) is 0.824. The molecule has 1 atom stereocenters. The van der Waals surface area contributed by atoms with Crippen LogP contribution in [0, 0.1) is 0 Å². The number of aliphatic hydroxyl groups excluding tert-OH is 1. The molecule has 0 aromatic carbocycles. The number of piperidine rings is 1. The van der Waals surface area contributed by atoms with Crippen LogP contribution in [0.1, 0.15) is 57.0 Å². The fourth-order valence-electron chi connectivity index (χ4n) is 3.68. The number of unbranched alkanes of at least 4 members (excludes halogenated alkanes) is 1. The average molecular weight is 307 g/mol. The third-order valence-electron chi connectivity index (χ3n) is 5.16. The molecule has 5 heteroatoms. The second kappa shape index (κ2) is 7.11. The number of nitrogens with one attached hydrogen (secondary N) is 1. The molecule has 2 saturated heterocycles. The maximum Gasteiger partial charge on any atom is 0.106 e. The molecule has 1 aromatic heterocycles. The first kappa shape index (κ1) is 16.0. The molecule has 5 nitrogen and oxygen atoms in total. The van der Waals surface area contributed by atoms with E-state index in [0.717, 1.165) is 64.2 Å². The summed E-state index contributed by atoms with van der Waals surface area (Å²) in [6.45, 7) is 5.90. The number of aliphatic hydroxyl groups is 1. The summed E-state index contributed by atoms with van der Waals surface area (Å²) in [4.78, 5) is 10.3. The third-order valence-corrected chi connectivity index (χ3v) is 5.16. The lowest BCUT2D eigenvalue weighted by Crippen LogP contribution is -2.55. The van der Waals surface area contributed by atoms with E-state index in [2.05, 4.69) is 21.8 Å². The molecule has 0 amide bonds. The molecule has 1 aromatic rings. The van der Waals surface area contributed by atoms with Gasteiger partial charge in [0.15, 0.2) is 0 Å². The van der Waals surface area contributed by atoms with E-state index in [0.29, 0.717) is 0 Å². The second-order valence-corrected chi connectivity index (χ2v) is 6.81. The average Bonchev–Trinajstić information content (AvgIpc) is 2.98. The number of rotatable bonds is 5. The molecule has 22 heavy (non-hydrogen) atoms. The van der Waals surface area contributed by atoms with Crippen LogP contribution in [0.4, 0.5) is 0 Å². The maximum absolute atomic E-state index is 10.3. The molecule has 0 unspecified atom stereocenters. The zero-order valence-electron chi connectivity index (χ0n) is 13.7. The minimum atomic E-state index is -0.281. The van der Waals surface area contributed by atoms with Crippen LogP contribution in [0.15, 0.2) is 6.20 Å². The van der Waals surface area contributed by atoms with Gasteiger partial charge in [0.05, 0.1) is 11.7 Å². The van der Waals surface area contributed by atoms with Crippen LogP contribution in [0.2, 0.25) is 0 Å². The van der Waals surface area contributed by atoms with Gasteiger partial charge in [-0.25, -0.2) is 4.98 Å². The van der Waals surface area contributed by atoms with E-state index >= 15 is 0 Å². The Kier molecular flexibility index (Phi) is 5.16. The molecule has 0 radical (unpaired) electrons. The number of ether oxygens (including phenoxy) is 1.